The Balaban J connectivity index is 0.000000423. The molecule has 0 aliphatic rings. The topological polar surface area (TPSA) is 55.0 Å². The molecule has 0 fully saturated rings. The predicted molar refractivity (Wildman–Crippen MR) is 60.3 cm³/mol. The molecule has 0 saturated heterocycles. The van der Waals surface area contributed by atoms with Crippen LogP contribution in [0, 0.1) is 0 Å². The standard InChI is InChI=1S/C6H11N2.C3H3F6NO2S/c1-3-8-5-4-7(2)6-8;4-2(5,6)1-10-13(11,12)3(7,8)9/h4-6H,3H2,1-2H3;10H,1H2/q+1;. The molecule has 0 aliphatic heterocycles. The van der Waals surface area contributed by atoms with Gasteiger partial charge in [-0.1, -0.05) is 0 Å². The molecular formula is C9H14F6N3O2S+. The van der Waals surface area contributed by atoms with Crippen LogP contribution < -0.4 is 9.29 Å². The molecule has 0 aromatic carbocycles. The normalized spacial score (nSPS) is 12.8. The Labute approximate surface area is 117 Å². The quantitative estimate of drug-likeness (QED) is 0.665. The largest absolute Gasteiger partial charge is 0.511 e. The average molecular weight is 342 g/mol. The van der Waals surface area contributed by atoms with Gasteiger partial charge in [-0.2, -0.15) is 31.1 Å². The summed E-state index contributed by atoms with van der Waals surface area (Å²) in [4.78, 5) is 0. The highest BCUT2D eigenvalue weighted by Gasteiger charge is 2.47. The van der Waals surface area contributed by atoms with Gasteiger partial charge in [0.25, 0.3) is 0 Å². The van der Waals surface area contributed by atoms with Crippen LogP contribution >= 0.6 is 0 Å². The predicted octanol–water partition coefficient (Wildman–Crippen LogP) is 1.32. The monoisotopic (exact) mass is 342 g/mol. The Morgan fingerprint density at radius 1 is 1.19 bits per heavy atom. The lowest BCUT2D eigenvalue weighted by atomic mass is 10.7. The van der Waals surface area contributed by atoms with Gasteiger partial charge in [-0.3, -0.25) is 0 Å². The molecule has 1 rings (SSSR count). The lowest BCUT2D eigenvalue weighted by Crippen LogP contribution is -2.41. The summed E-state index contributed by atoms with van der Waals surface area (Å²) in [5.74, 6) is 0. The lowest BCUT2D eigenvalue weighted by Gasteiger charge is -2.10. The Hall–Kier alpha value is -1.30. The van der Waals surface area contributed by atoms with Gasteiger partial charge in [0.15, 0.2) is 0 Å². The van der Waals surface area contributed by atoms with Crippen molar-refractivity contribution in [3.8, 4) is 0 Å². The van der Waals surface area contributed by atoms with E-state index in [0.717, 1.165) is 6.54 Å². The second-order valence-electron chi connectivity index (χ2n) is 3.79. The van der Waals surface area contributed by atoms with E-state index >= 15 is 0 Å². The maximum absolute atomic E-state index is 11.4. The summed E-state index contributed by atoms with van der Waals surface area (Å²) >= 11 is 0. The summed E-state index contributed by atoms with van der Waals surface area (Å²) in [5.41, 5.74) is -5.72. The number of aromatic nitrogens is 2. The van der Waals surface area contributed by atoms with Crippen molar-refractivity contribution in [2.75, 3.05) is 6.54 Å². The van der Waals surface area contributed by atoms with Crippen molar-refractivity contribution in [3.63, 3.8) is 0 Å². The van der Waals surface area contributed by atoms with E-state index in [1.165, 1.54) is 0 Å². The molecule has 12 heteroatoms. The molecule has 0 saturated carbocycles. The fourth-order valence-corrected chi connectivity index (χ4v) is 1.46. The molecule has 0 amide bonds. The van der Waals surface area contributed by atoms with Crippen LogP contribution in [0.4, 0.5) is 26.3 Å². The second-order valence-corrected chi connectivity index (χ2v) is 5.55. The van der Waals surface area contributed by atoms with Crippen LogP contribution in [0.15, 0.2) is 18.7 Å². The Kier molecular flexibility index (Phi) is 6.67. The number of aryl methyl sites for hydroxylation is 2. The minimum atomic E-state index is -5.90. The number of hydrogen-bond acceptors (Lipinski definition) is 2. The summed E-state index contributed by atoms with van der Waals surface area (Å²) in [6.07, 6.45) is 1.13. The number of sulfonamides is 1. The van der Waals surface area contributed by atoms with Crippen LogP contribution in [0.5, 0.6) is 0 Å². The first-order valence-corrected chi connectivity index (χ1v) is 6.90. The third-order valence-electron chi connectivity index (χ3n) is 1.96. The first kappa shape index (κ1) is 19.7. The number of nitrogens with zero attached hydrogens (tertiary/aromatic N) is 2. The summed E-state index contributed by atoms with van der Waals surface area (Å²) < 4.78 is 92.5. The van der Waals surface area contributed by atoms with Gasteiger partial charge in [0.05, 0.1) is 13.6 Å². The van der Waals surface area contributed by atoms with E-state index in [9.17, 15) is 34.8 Å². The zero-order chi connectivity index (χ0) is 16.9. The van der Waals surface area contributed by atoms with Gasteiger partial charge < -0.3 is 0 Å². The first-order valence-electron chi connectivity index (χ1n) is 5.42. The van der Waals surface area contributed by atoms with Crippen LogP contribution in [0.25, 0.3) is 0 Å². The molecule has 1 N–H and O–H groups in total. The van der Waals surface area contributed by atoms with Crippen molar-refractivity contribution in [3.05, 3.63) is 18.7 Å². The molecule has 1 aromatic heterocycles. The third kappa shape index (κ3) is 7.90. The van der Waals surface area contributed by atoms with Gasteiger partial charge in [0.1, 0.15) is 18.9 Å². The molecule has 1 aromatic rings. The van der Waals surface area contributed by atoms with Gasteiger partial charge in [0.2, 0.25) is 6.33 Å². The SMILES string of the molecule is CCn1cc[n+](C)c1.O=S(=O)(NCC(F)(F)F)C(F)(F)F. The Bertz CT molecular complexity index is 534. The van der Waals surface area contributed by atoms with E-state index in [1.807, 2.05) is 17.8 Å². The molecule has 0 bridgehead atoms. The summed E-state index contributed by atoms with van der Waals surface area (Å²) in [5, 5.41) is 0. The van der Waals surface area contributed by atoms with E-state index in [-0.39, 0.29) is 0 Å². The van der Waals surface area contributed by atoms with Crippen LogP contribution in [0.2, 0.25) is 0 Å². The number of nitrogens with one attached hydrogen (secondary N) is 1. The zero-order valence-electron chi connectivity index (χ0n) is 11.0. The number of rotatable bonds is 3. The fraction of sp³-hybridized carbons (Fsp3) is 0.667. The van der Waals surface area contributed by atoms with Crippen LogP contribution in [0.1, 0.15) is 6.92 Å². The Morgan fingerprint density at radius 3 is 1.95 bits per heavy atom. The summed E-state index contributed by atoms with van der Waals surface area (Å²) in [7, 11) is -3.88. The highest BCUT2D eigenvalue weighted by atomic mass is 32.2. The van der Waals surface area contributed by atoms with Gasteiger partial charge >= 0.3 is 21.7 Å². The van der Waals surface area contributed by atoms with Crippen molar-refractivity contribution in [1.82, 2.24) is 9.29 Å². The molecule has 1 heterocycles. The summed E-state index contributed by atoms with van der Waals surface area (Å²) in [6, 6.07) is 0. The van der Waals surface area contributed by atoms with E-state index < -0.39 is 28.3 Å². The van der Waals surface area contributed by atoms with E-state index in [1.54, 1.807) is 0 Å². The fourth-order valence-electron chi connectivity index (χ4n) is 0.947. The second kappa shape index (κ2) is 7.11. The highest BCUT2D eigenvalue weighted by molar-refractivity contribution is 7.90. The molecule has 0 aliphatic carbocycles. The van der Waals surface area contributed by atoms with E-state index in [2.05, 4.69) is 24.0 Å². The van der Waals surface area contributed by atoms with Crippen molar-refractivity contribution >= 4 is 10.0 Å². The van der Waals surface area contributed by atoms with E-state index in [4.69, 9.17) is 0 Å². The number of imidazole rings is 1. The van der Waals surface area contributed by atoms with Crippen LogP contribution in [-0.4, -0.2) is 31.2 Å². The maximum atomic E-state index is 11.4. The van der Waals surface area contributed by atoms with Gasteiger partial charge in [-0.15, -0.1) is 0 Å². The zero-order valence-corrected chi connectivity index (χ0v) is 11.8. The molecule has 0 atom stereocenters. The van der Waals surface area contributed by atoms with Gasteiger partial charge in [-0.05, 0) is 6.92 Å². The smallest absolute Gasteiger partial charge is 0.240 e. The molecular weight excluding hydrogens is 328 g/mol. The van der Waals surface area contributed by atoms with Crippen molar-refractivity contribution in [2.45, 2.75) is 25.2 Å². The molecule has 124 valence electrons. The average Bonchev–Trinajstić information content (AvgIpc) is 2.71. The van der Waals surface area contributed by atoms with Crippen molar-refractivity contribution in [2.24, 2.45) is 7.05 Å². The molecule has 5 nitrogen and oxygen atoms in total. The van der Waals surface area contributed by atoms with Crippen LogP contribution in [0.3, 0.4) is 0 Å². The maximum Gasteiger partial charge on any atom is 0.511 e. The number of halogens is 6. The molecule has 0 spiro atoms. The van der Waals surface area contributed by atoms with E-state index in [0.29, 0.717) is 4.72 Å². The minimum Gasteiger partial charge on any atom is -0.240 e. The van der Waals surface area contributed by atoms with Crippen molar-refractivity contribution in [1.29, 1.82) is 0 Å². The first-order chi connectivity index (χ1) is 9.28. The van der Waals surface area contributed by atoms with Gasteiger partial charge in [-0.25, -0.2) is 17.6 Å². The molecule has 0 unspecified atom stereocenters. The third-order valence-corrected chi connectivity index (χ3v) is 3.09. The van der Waals surface area contributed by atoms with Crippen LogP contribution in [-0.2, 0) is 23.6 Å². The number of hydrogen-bond donors (Lipinski definition) is 1. The molecule has 21 heavy (non-hydrogen) atoms. The highest BCUT2D eigenvalue weighted by Crippen LogP contribution is 2.22. The minimum absolute atomic E-state index is 0.361. The van der Waals surface area contributed by atoms with Crippen molar-refractivity contribution < 1.29 is 39.3 Å². The molecule has 0 radical (unpaired) electrons. The summed E-state index contributed by atoms with van der Waals surface area (Å²) in [6.45, 7) is 0.940. The van der Waals surface area contributed by atoms with Gasteiger partial charge in [0, 0.05) is 0 Å². The number of alkyl halides is 6. The lowest BCUT2D eigenvalue weighted by molar-refractivity contribution is -0.671. The Morgan fingerprint density at radius 2 is 1.71 bits per heavy atom.